The summed E-state index contributed by atoms with van der Waals surface area (Å²) in [5.41, 5.74) is 0. The first-order chi connectivity index (χ1) is 8.28. The van der Waals surface area contributed by atoms with Crippen molar-refractivity contribution in [3.63, 3.8) is 0 Å². The SMILES string of the molecule is CCCc1nc(Cl)cc(OCc2ccco2)n1. The lowest BCUT2D eigenvalue weighted by Crippen LogP contribution is -2.01. The van der Waals surface area contributed by atoms with Gasteiger partial charge in [-0.3, -0.25) is 0 Å². The molecule has 0 fully saturated rings. The minimum absolute atomic E-state index is 0.339. The van der Waals surface area contributed by atoms with Crippen LogP contribution in [0.1, 0.15) is 24.9 Å². The number of halogens is 1. The van der Waals surface area contributed by atoms with E-state index in [0.29, 0.717) is 23.5 Å². The lowest BCUT2D eigenvalue weighted by molar-refractivity contribution is 0.259. The molecule has 2 aromatic rings. The van der Waals surface area contributed by atoms with Crippen LogP contribution >= 0.6 is 11.6 Å². The smallest absolute Gasteiger partial charge is 0.218 e. The molecule has 90 valence electrons. The Balaban J connectivity index is 2.04. The first kappa shape index (κ1) is 11.9. The maximum Gasteiger partial charge on any atom is 0.218 e. The molecular weight excluding hydrogens is 240 g/mol. The molecule has 0 bridgehead atoms. The second kappa shape index (κ2) is 5.68. The number of ether oxygens (including phenoxy) is 1. The van der Waals surface area contributed by atoms with E-state index >= 15 is 0 Å². The number of aromatic nitrogens is 2. The highest BCUT2D eigenvalue weighted by atomic mass is 35.5. The fraction of sp³-hybridized carbons (Fsp3) is 0.333. The maximum absolute atomic E-state index is 5.89. The normalized spacial score (nSPS) is 10.5. The van der Waals surface area contributed by atoms with E-state index in [9.17, 15) is 0 Å². The third kappa shape index (κ3) is 3.46. The molecule has 0 aliphatic rings. The molecule has 0 saturated carbocycles. The summed E-state index contributed by atoms with van der Waals surface area (Å²) in [4.78, 5) is 8.38. The Kier molecular flexibility index (Phi) is 3.98. The Morgan fingerprint density at radius 3 is 3.00 bits per heavy atom. The number of rotatable bonds is 5. The van der Waals surface area contributed by atoms with Gasteiger partial charge in [-0.05, 0) is 18.6 Å². The van der Waals surface area contributed by atoms with E-state index in [4.69, 9.17) is 20.8 Å². The molecule has 0 saturated heterocycles. The summed E-state index contributed by atoms with van der Waals surface area (Å²) in [7, 11) is 0. The van der Waals surface area contributed by atoms with Crippen LogP contribution in [-0.4, -0.2) is 9.97 Å². The predicted octanol–water partition coefficient (Wildman–Crippen LogP) is 3.25. The van der Waals surface area contributed by atoms with Crippen molar-refractivity contribution in [1.82, 2.24) is 9.97 Å². The van der Waals surface area contributed by atoms with Crippen LogP contribution in [0.25, 0.3) is 0 Å². The second-order valence-corrected chi connectivity index (χ2v) is 3.95. The van der Waals surface area contributed by atoms with Crippen LogP contribution in [0.5, 0.6) is 5.88 Å². The van der Waals surface area contributed by atoms with Crippen molar-refractivity contribution < 1.29 is 9.15 Å². The second-order valence-electron chi connectivity index (χ2n) is 3.56. The van der Waals surface area contributed by atoms with E-state index in [0.717, 1.165) is 18.6 Å². The largest absolute Gasteiger partial charge is 0.469 e. The van der Waals surface area contributed by atoms with Gasteiger partial charge in [-0.15, -0.1) is 0 Å². The number of aryl methyl sites for hydroxylation is 1. The van der Waals surface area contributed by atoms with Crippen molar-refractivity contribution in [3.8, 4) is 5.88 Å². The zero-order chi connectivity index (χ0) is 12.1. The fourth-order valence-corrected chi connectivity index (χ4v) is 1.58. The summed E-state index contributed by atoms with van der Waals surface area (Å²) in [6, 6.07) is 5.26. The molecule has 4 nitrogen and oxygen atoms in total. The van der Waals surface area contributed by atoms with Crippen LogP contribution < -0.4 is 4.74 Å². The maximum atomic E-state index is 5.89. The highest BCUT2D eigenvalue weighted by Crippen LogP contribution is 2.16. The number of hydrogen-bond acceptors (Lipinski definition) is 4. The van der Waals surface area contributed by atoms with E-state index in [1.807, 2.05) is 12.1 Å². The predicted molar refractivity (Wildman–Crippen MR) is 64.1 cm³/mol. The lowest BCUT2D eigenvalue weighted by atomic mass is 10.3. The van der Waals surface area contributed by atoms with Gasteiger partial charge < -0.3 is 9.15 Å². The summed E-state index contributed by atoms with van der Waals surface area (Å²) < 4.78 is 10.7. The molecule has 0 N–H and O–H groups in total. The van der Waals surface area contributed by atoms with Crippen molar-refractivity contribution in [1.29, 1.82) is 0 Å². The number of hydrogen-bond donors (Lipinski definition) is 0. The van der Waals surface area contributed by atoms with Gasteiger partial charge in [0.2, 0.25) is 5.88 Å². The minimum atomic E-state index is 0.339. The third-order valence-corrected chi connectivity index (χ3v) is 2.33. The highest BCUT2D eigenvalue weighted by molar-refractivity contribution is 6.29. The summed E-state index contributed by atoms with van der Waals surface area (Å²) >= 11 is 5.89. The summed E-state index contributed by atoms with van der Waals surface area (Å²) in [6.07, 6.45) is 3.36. The molecule has 17 heavy (non-hydrogen) atoms. The van der Waals surface area contributed by atoms with Crippen LogP contribution in [0.4, 0.5) is 0 Å². The van der Waals surface area contributed by atoms with Crippen molar-refractivity contribution >= 4 is 11.6 Å². The molecule has 0 aliphatic carbocycles. The lowest BCUT2D eigenvalue weighted by Gasteiger charge is -2.05. The number of nitrogens with zero attached hydrogens (tertiary/aromatic N) is 2. The fourth-order valence-electron chi connectivity index (χ4n) is 1.39. The zero-order valence-corrected chi connectivity index (χ0v) is 10.3. The van der Waals surface area contributed by atoms with Gasteiger partial charge in [-0.2, -0.15) is 4.98 Å². The molecule has 0 amide bonds. The average molecular weight is 253 g/mol. The molecule has 0 aliphatic heterocycles. The molecule has 0 atom stereocenters. The third-order valence-electron chi connectivity index (χ3n) is 2.13. The molecule has 0 aromatic carbocycles. The van der Waals surface area contributed by atoms with Crippen LogP contribution in [-0.2, 0) is 13.0 Å². The summed E-state index contributed by atoms with van der Waals surface area (Å²) in [5, 5.41) is 0.401. The Bertz CT molecular complexity index is 471. The van der Waals surface area contributed by atoms with E-state index < -0.39 is 0 Å². The molecule has 0 radical (unpaired) electrons. The van der Waals surface area contributed by atoms with Crippen molar-refractivity contribution in [2.45, 2.75) is 26.4 Å². The molecule has 2 heterocycles. The molecule has 2 rings (SSSR count). The summed E-state index contributed by atoms with van der Waals surface area (Å²) in [6.45, 7) is 2.40. The van der Waals surface area contributed by atoms with E-state index in [-0.39, 0.29) is 0 Å². The Labute approximate surface area is 105 Å². The zero-order valence-electron chi connectivity index (χ0n) is 9.52. The summed E-state index contributed by atoms with van der Waals surface area (Å²) in [5.74, 6) is 1.93. The first-order valence-corrected chi connectivity index (χ1v) is 5.84. The Hall–Kier alpha value is -1.55. The Morgan fingerprint density at radius 2 is 2.29 bits per heavy atom. The topological polar surface area (TPSA) is 48.2 Å². The Morgan fingerprint density at radius 1 is 1.41 bits per heavy atom. The number of furan rings is 1. The van der Waals surface area contributed by atoms with Gasteiger partial charge in [0.1, 0.15) is 23.3 Å². The molecule has 5 heteroatoms. The average Bonchev–Trinajstić information content (AvgIpc) is 2.79. The van der Waals surface area contributed by atoms with Gasteiger partial charge in [0, 0.05) is 12.5 Å². The van der Waals surface area contributed by atoms with E-state index in [2.05, 4.69) is 16.9 Å². The van der Waals surface area contributed by atoms with Gasteiger partial charge >= 0.3 is 0 Å². The van der Waals surface area contributed by atoms with Crippen molar-refractivity contribution in [3.05, 3.63) is 41.2 Å². The molecule has 2 aromatic heterocycles. The van der Waals surface area contributed by atoms with Crippen LogP contribution in [0.3, 0.4) is 0 Å². The van der Waals surface area contributed by atoms with Gasteiger partial charge in [0.05, 0.1) is 6.26 Å². The van der Waals surface area contributed by atoms with Crippen LogP contribution in [0, 0.1) is 0 Å². The molecule has 0 unspecified atom stereocenters. The van der Waals surface area contributed by atoms with Gasteiger partial charge in [0.25, 0.3) is 0 Å². The van der Waals surface area contributed by atoms with Crippen LogP contribution in [0.15, 0.2) is 28.9 Å². The van der Waals surface area contributed by atoms with Gasteiger partial charge in [0.15, 0.2) is 0 Å². The molecular formula is C12H13ClN2O2. The van der Waals surface area contributed by atoms with Crippen molar-refractivity contribution in [2.24, 2.45) is 0 Å². The van der Waals surface area contributed by atoms with Gasteiger partial charge in [-0.25, -0.2) is 4.98 Å². The first-order valence-electron chi connectivity index (χ1n) is 5.46. The standard InChI is InChI=1S/C12H13ClN2O2/c1-2-4-11-14-10(13)7-12(15-11)17-8-9-5-3-6-16-9/h3,5-7H,2,4,8H2,1H3. The van der Waals surface area contributed by atoms with E-state index in [1.165, 1.54) is 0 Å². The van der Waals surface area contributed by atoms with Gasteiger partial charge in [-0.1, -0.05) is 18.5 Å². The van der Waals surface area contributed by atoms with Crippen LogP contribution in [0.2, 0.25) is 5.15 Å². The highest BCUT2D eigenvalue weighted by Gasteiger charge is 2.05. The van der Waals surface area contributed by atoms with Crippen molar-refractivity contribution in [2.75, 3.05) is 0 Å². The van der Waals surface area contributed by atoms with E-state index in [1.54, 1.807) is 12.3 Å². The minimum Gasteiger partial charge on any atom is -0.469 e. The quantitative estimate of drug-likeness (QED) is 0.767. The monoisotopic (exact) mass is 252 g/mol. The molecule has 0 spiro atoms.